The Balaban J connectivity index is 1.53. The van der Waals surface area contributed by atoms with E-state index in [4.69, 9.17) is 14.2 Å². The van der Waals surface area contributed by atoms with Crippen molar-refractivity contribution in [3.8, 4) is 5.75 Å². The Morgan fingerprint density at radius 3 is 2.89 bits per heavy atom. The summed E-state index contributed by atoms with van der Waals surface area (Å²) >= 11 is 0. The van der Waals surface area contributed by atoms with Crippen molar-refractivity contribution in [2.45, 2.75) is 19.1 Å². The first-order valence-corrected chi connectivity index (χ1v) is 9.18. The molecule has 0 saturated carbocycles. The van der Waals surface area contributed by atoms with Gasteiger partial charge >= 0.3 is 6.03 Å². The Bertz CT molecular complexity index is 723. The van der Waals surface area contributed by atoms with Gasteiger partial charge in [-0.15, -0.1) is 0 Å². The predicted molar refractivity (Wildman–Crippen MR) is 104 cm³/mol. The highest BCUT2D eigenvalue weighted by atomic mass is 16.5. The largest absolute Gasteiger partial charge is 0.489 e. The summed E-state index contributed by atoms with van der Waals surface area (Å²) in [7, 11) is 1.67. The van der Waals surface area contributed by atoms with E-state index in [2.05, 4.69) is 5.32 Å². The number of ether oxygens (including phenoxy) is 3. The molecule has 0 spiro atoms. The van der Waals surface area contributed by atoms with E-state index in [1.54, 1.807) is 12.0 Å². The Hall–Kier alpha value is -2.57. The Morgan fingerprint density at radius 2 is 2.07 bits per heavy atom. The highest BCUT2D eigenvalue weighted by Crippen LogP contribution is 2.19. The third-order valence-electron chi connectivity index (χ3n) is 4.40. The number of morpholine rings is 1. The molecule has 6 heteroatoms. The third kappa shape index (κ3) is 5.98. The Morgan fingerprint density at radius 1 is 1.22 bits per heavy atom. The van der Waals surface area contributed by atoms with Crippen molar-refractivity contribution in [2.24, 2.45) is 0 Å². The maximum absolute atomic E-state index is 12.6. The monoisotopic (exact) mass is 370 g/mol. The number of carbonyl (C=O) groups is 1. The summed E-state index contributed by atoms with van der Waals surface area (Å²) in [4.78, 5) is 14.3. The molecule has 1 saturated heterocycles. The van der Waals surface area contributed by atoms with E-state index in [0.717, 1.165) is 17.7 Å². The van der Waals surface area contributed by atoms with E-state index in [9.17, 15) is 4.79 Å². The highest BCUT2D eigenvalue weighted by Gasteiger charge is 2.24. The number of hydrogen-bond acceptors (Lipinski definition) is 4. The van der Waals surface area contributed by atoms with Crippen LogP contribution in [0.15, 0.2) is 54.6 Å². The Labute approximate surface area is 160 Å². The van der Waals surface area contributed by atoms with Gasteiger partial charge in [0.15, 0.2) is 0 Å². The van der Waals surface area contributed by atoms with Gasteiger partial charge in [-0.25, -0.2) is 4.79 Å². The molecule has 6 nitrogen and oxygen atoms in total. The van der Waals surface area contributed by atoms with Crippen LogP contribution in [-0.2, 0) is 16.1 Å². The number of amides is 2. The van der Waals surface area contributed by atoms with Crippen LogP contribution in [-0.4, -0.2) is 50.4 Å². The second-order valence-electron chi connectivity index (χ2n) is 6.45. The van der Waals surface area contributed by atoms with E-state index >= 15 is 0 Å². The lowest BCUT2D eigenvalue weighted by Crippen LogP contribution is -2.47. The van der Waals surface area contributed by atoms with Gasteiger partial charge in [-0.3, -0.25) is 0 Å². The molecular formula is C21H26N2O4. The van der Waals surface area contributed by atoms with E-state index in [0.29, 0.717) is 38.6 Å². The van der Waals surface area contributed by atoms with Crippen LogP contribution in [0.4, 0.5) is 10.5 Å². The number of rotatable bonds is 7. The summed E-state index contributed by atoms with van der Waals surface area (Å²) in [5.74, 6) is 0.719. The highest BCUT2D eigenvalue weighted by molar-refractivity contribution is 5.89. The molecule has 1 N–H and O–H groups in total. The summed E-state index contributed by atoms with van der Waals surface area (Å²) < 4.78 is 16.6. The molecule has 27 heavy (non-hydrogen) atoms. The van der Waals surface area contributed by atoms with E-state index < -0.39 is 0 Å². The molecule has 3 rings (SSSR count). The van der Waals surface area contributed by atoms with Gasteiger partial charge in [0.25, 0.3) is 0 Å². The molecule has 144 valence electrons. The van der Waals surface area contributed by atoms with Gasteiger partial charge in [-0.05, 0) is 24.1 Å². The van der Waals surface area contributed by atoms with Crippen LogP contribution in [0.2, 0.25) is 0 Å². The molecule has 0 bridgehead atoms. The molecule has 1 aliphatic heterocycles. The topological polar surface area (TPSA) is 60.0 Å². The van der Waals surface area contributed by atoms with Crippen LogP contribution in [0.25, 0.3) is 0 Å². The van der Waals surface area contributed by atoms with Crippen molar-refractivity contribution in [3.05, 3.63) is 60.2 Å². The van der Waals surface area contributed by atoms with Gasteiger partial charge in [-0.2, -0.15) is 0 Å². The zero-order valence-corrected chi connectivity index (χ0v) is 15.6. The van der Waals surface area contributed by atoms with Gasteiger partial charge in [0.1, 0.15) is 12.4 Å². The van der Waals surface area contributed by atoms with Crippen LogP contribution >= 0.6 is 0 Å². The van der Waals surface area contributed by atoms with Crippen molar-refractivity contribution in [1.29, 1.82) is 0 Å². The van der Waals surface area contributed by atoms with E-state index in [1.165, 1.54) is 0 Å². The summed E-state index contributed by atoms with van der Waals surface area (Å²) in [6.07, 6.45) is 0.799. The standard InChI is InChI=1S/C21H26N2O4/c1-25-12-10-20-15-23(11-13-26-20)21(24)22-18-8-5-9-19(14-18)27-16-17-6-3-2-4-7-17/h2-9,14,20H,10-13,15-16H2,1H3,(H,22,24). The van der Waals surface area contributed by atoms with Crippen LogP contribution in [0.3, 0.4) is 0 Å². The first-order valence-electron chi connectivity index (χ1n) is 9.18. The number of anilines is 1. The maximum atomic E-state index is 12.6. The molecule has 1 aliphatic rings. The number of carbonyl (C=O) groups excluding carboxylic acids is 1. The molecule has 0 aromatic heterocycles. The number of nitrogens with one attached hydrogen (secondary N) is 1. The van der Waals surface area contributed by atoms with E-state index in [-0.39, 0.29) is 12.1 Å². The molecule has 0 radical (unpaired) electrons. The molecule has 2 aromatic rings. The van der Waals surface area contributed by atoms with Crippen molar-refractivity contribution in [3.63, 3.8) is 0 Å². The molecule has 2 aromatic carbocycles. The Kier molecular flexibility index (Phi) is 7.07. The van der Waals surface area contributed by atoms with Crippen LogP contribution in [0.1, 0.15) is 12.0 Å². The molecule has 0 aliphatic carbocycles. The average molecular weight is 370 g/mol. The van der Waals surface area contributed by atoms with Crippen LogP contribution in [0, 0.1) is 0 Å². The predicted octanol–water partition coefficient (Wildman–Crippen LogP) is 3.53. The number of urea groups is 1. The number of nitrogens with zero attached hydrogens (tertiary/aromatic N) is 1. The van der Waals surface area contributed by atoms with Crippen LogP contribution < -0.4 is 10.1 Å². The van der Waals surface area contributed by atoms with Crippen molar-refractivity contribution in [1.82, 2.24) is 4.90 Å². The summed E-state index contributed by atoms with van der Waals surface area (Å²) in [5.41, 5.74) is 1.81. The fourth-order valence-corrected chi connectivity index (χ4v) is 2.93. The minimum atomic E-state index is -0.124. The fourth-order valence-electron chi connectivity index (χ4n) is 2.93. The lowest BCUT2D eigenvalue weighted by molar-refractivity contribution is -0.0260. The van der Waals surface area contributed by atoms with Gasteiger partial charge in [0.05, 0.1) is 12.7 Å². The molecule has 1 atom stereocenters. The maximum Gasteiger partial charge on any atom is 0.322 e. The minimum Gasteiger partial charge on any atom is -0.489 e. The molecule has 1 unspecified atom stereocenters. The lowest BCUT2D eigenvalue weighted by atomic mass is 10.2. The fraction of sp³-hybridized carbons (Fsp3) is 0.381. The summed E-state index contributed by atoms with van der Waals surface area (Å²) in [6.45, 7) is 2.81. The quantitative estimate of drug-likeness (QED) is 0.810. The molecule has 2 amide bonds. The first kappa shape index (κ1) is 19.2. The van der Waals surface area contributed by atoms with Gasteiger partial charge < -0.3 is 24.4 Å². The first-order chi connectivity index (χ1) is 13.2. The second kappa shape index (κ2) is 9.94. The van der Waals surface area contributed by atoms with Gasteiger partial charge in [0.2, 0.25) is 0 Å². The summed E-state index contributed by atoms with van der Waals surface area (Å²) in [5, 5.41) is 2.95. The van der Waals surface area contributed by atoms with E-state index in [1.807, 2.05) is 54.6 Å². The summed E-state index contributed by atoms with van der Waals surface area (Å²) in [6, 6.07) is 17.3. The lowest BCUT2D eigenvalue weighted by Gasteiger charge is -2.32. The van der Waals surface area contributed by atoms with Crippen molar-refractivity contribution < 1.29 is 19.0 Å². The SMILES string of the molecule is COCCC1CN(C(=O)Nc2cccc(OCc3ccccc3)c2)CCO1. The minimum absolute atomic E-state index is 0.0185. The third-order valence-corrected chi connectivity index (χ3v) is 4.40. The smallest absolute Gasteiger partial charge is 0.322 e. The number of hydrogen-bond donors (Lipinski definition) is 1. The number of methoxy groups -OCH3 is 1. The van der Waals surface area contributed by atoms with Gasteiger partial charge in [0, 0.05) is 38.6 Å². The second-order valence-corrected chi connectivity index (χ2v) is 6.45. The van der Waals surface area contributed by atoms with Gasteiger partial charge in [-0.1, -0.05) is 36.4 Å². The zero-order chi connectivity index (χ0) is 18.9. The number of benzene rings is 2. The molecular weight excluding hydrogens is 344 g/mol. The van der Waals surface area contributed by atoms with Crippen molar-refractivity contribution >= 4 is 11.7 Å². The van der Waals surface area contributed by atoms with Crippen molar-refractivity contribution in [2.75, 3.05) is 38.7 Å². The average Bonchev–Trinajstić information content (AvgIpc) is 2.72. The zero-order valence-electron chi connectivity index (χ0n) is 15.6. The van der Waals surface area contributed by atoms with Crippen LogP contribution in [0.5, 0.6) is 5.75 Å². The molecule has 1 fully saturated rings. The normalized spacial score (nSPS) is 16.8. The molecule has 1 heterocycles.